The first-order valence-corrected chi connectivity index (χ1v) is 8.18. The minimum absolute atomic E-state index is 0.674. The normalized spacial score (nSPS) is 15.2. The molecule has 1 aliphatic heterocycles. The monoisotopic (exact) mass is 275 g/mol. The topological polar surface area (TPSA) is 21.3 Å². The van der Waals surface area contributed by atoms with Crippen molar-refractivity contribution in [3.8, 4) is 5.75 Å². The van der Waals surface area contributed by atoms with Crippen LogP contribution in [0.5, 0.6) is 5.75 Å². The lowest BCUT2D eigenvalue weighted by molar-refractivity contribution is 0.357. The van der Waals surface area contributed by atoms with Crippen LogP contribution < -0.4 is 10.1 Å². The molecule has 0 spiro atoms. The molecule has 112 valence electrons. The summed E-state index contributed by atoms with van der Waals surface area (Å²) in [5.74, 6) is 1.83. The maximum Gasteiger partial charge on any atom is 0.122 e. The number of benzene rings is 1. The molecule has 1 unspecified atom stereocenters. The molecular formula is C18H29NO. The molecule has 2 nitrogen and oxygen atoms in total. The zero-order chi connectivity index (χ0) is 14.4. The van der Waals surface area contributed by atoms with Crippen LogP contribution in [0.15, 0.2) is 18.2 Å². The summed E-state index contributed by atoms with van der Waals surface area (Å²) in [6.45, 7) is 8.76. The van der Waals surface area contributed by atoms with Crippen molar-refractivity contribution in [1.82, 2.24) is 5.32 Å². The molecule has 0 amide bonds. The first kappa shape index (κ1) is 15.4. The summed E-state index contributed by atoms with van der Waals surface area (Å²) in [5.41, 5.74) is 2.87. The number of fused-ring (bicyclic) bond motifs is 1. The largest absolute Gasteiger partial charge is 0.493 e. The number of nitrogens with one attached hydrogen (secondary N) is 1. The van der Waals surface area contributed by atoms with Gasteiger partial charge in [0.25, 0.3) is 0 Å². The molecule has 0 saturated heterocycles. The van der Waals surface area contributed by atoms with E-state index in [9.17, 15) is 0 Å². The third kappa shape index (κ3) is 4.24. The van der Waals surface area contributed by atoms with Crippen LogP contribution in [0.1, 0.15) is 51.2 Å². The Morgan fingerprint density at radius 1 is 1.25 bits per heavy atom. The van der Waals surface area contributed by atoms with Gasteiger partial charge in [0, 0.05) is 12.5 Å². The van der Waals surface area contributed by atoms with E-state index in [1.54, 1.807) is 0 Å². The van der Waals surface area contributed by atoms with Crippen LogP contribution >= 0.6 is 0 Å². The van der Waals surface area contributed by atoms with Gasteiger partial charge < -0.3 is 10.1 Å². The van der Waals surface area contributed by atoms with Crippen LogP contribution in [0.4, 0.5) is 0 Å². The number of ether oxygens (including phenoxy) is 1. The second-order valence-corrected chi connectivity index (χ2v) is 6.19. The molecule has 2 rings (SSSR count). The Balaban J connectivity index is 1.73. The first-order chi connectivity index (χ1) is 9.70. The summed E-state index contributed by atoms with van der Waals surface area (Å²) < 4.78 is 5.56. The van der Waals surface area contributed by atoms with Gasteiger partial charge in [0.2, 0.25) is 0 Å². The third-order valence-electron chi connectivity index (χ3n) is 4.26. The molecule has 1 aliphatic rings. The predicted octanol–water partition coefficient (Wildman–Crippen LogP) is 3.97. The molecule has 0 fully saturated rings. The van der Waals surface area contributed by atoms with Crippen molar-refractivity contribution in [2.45, 2.75) is 58.9 Å². The SMILES string of the molecule is CCNC(CCCCc1ccc2c(c1)CCO2)C(C)C. The molecule has 1 N–H and O–H groups in total. The van der Waals surface area contributed by atoms with Crippen molar-refractivity contribution in [2.24, 2.45) is 5.92 Å². The molecule has 0 aromatic heterocycles. The molecule has 1 aromatic carbocycles. The standard InChI is InChI=1S/C18H29NO/c1-4-19-17(14(2)3)8-6-5-7-15-9-10-18-16(13-15)11-12-20-18/h9-10,13-14,17,19H,4-8,11-12H2,1-3H3. The van der Waals surface area contributed by atoms with Crippen molar-refractivity contribution in [3.05, 3.63) is 29.3 Å². The van der Waals surface area contributed by atoms with Gasteiger partial charge in [-0.2, -0.15) is 0 Å². The van der Waals surface area contributed by atoms with Gasteiger partial charge in [-0.05, 0) is 48.9 Å². The highest BCUT2D eigenvalue weighted by Crippen LogP contribution is 2.26. The summed E-state index contributed by atoms with van der Waals surface area (Å²) in [4.78, 5) is 0. The number of unbranched alkanes of at least 4 members (excludes halogenated alkanes) is 1. The van der Waals surface area contributed by atoms with Gasteiger partial charge >= 0.3 is 0 Å². The van der Waals surface area contributed by atoms with E-state index < -0.39 is 0 Å². The van der Waals surface area contributed by atoms with E-state index in [0.717, 1.165) is 31.2 Å². The molecule has 0 saturated carbocycles. The molecule has 2 heteroatoms. The van der Waals surface area contributed by atoms with Gasteiger partial charge in [-0.1, -0.05) is 39.3 Å². The quantitative estimate of drug-likeness (QED) is 0.725. The van der Waals surface area contributed by atoms with E-state index in [0.29, 0.717) is 6.04 Å². The highest BCUT2D eigenvalue weighted by molar-refractivity contribution is 5.39. The van der Waals surface area contributed by atoms with Crippen molar-refractivity contribution in [3.63, 3.8) is 0 Å². The second-order valence-electron chi connectivity index (χ2n) is 6.19. The van der Waals surface area contributed by atoms with Crippen molar-refractivity contribution in [2.75, 3.05) is 13.2 Å². The van der Waals surface area contributed by atoms with Crippen LogP contribution in [-0.4, -0.2) is 19.2 Å². The number of hydrogen-bond acceptors (Lipinski definition) is 2. The first-order valence-electron chi connectivity index (χ1n) is 8.18. The third-order valence-corrected chi connectivity index (χ3v) is 4.26. The summed E-state index contributed by atoms with van der Waals surface area (Å²) >= 11 is 0. The lowest BCUT2D eigenvalue weighted by Crippen LogP contribution is -2.33. The predicted molar refractivity (Wildman–Crippen MR) is 85.5 cm³/mol. The maximum absolute atomic E-state index is 5.56. The Hall–Kier alpha value is -1.02. The van der Waals surface area contributed by atoms with Crippen molar-refractivity contribution < 1.29 is 4.74 Å². The second kappa shape index (κ2) is 7.68. The smallest absolute Gasteiger partial charge is 0.122 e. The van der Waals surface area contributed by atoms with E-state index in [-0.39, 0.29) is 0 Å². The summed E-state index contributed by atoms with van der Waals surface area (Å²) in [5, 5.41) is 3.60. The van der Waals surface area contributed by atoms with Crippen LogP contribution in [0.25, 0.3) is 0 Å². The minimum Gasteiger partial charge on any atom is -0.493 e. The molecule has 20 heavy (non-hydrogen) atoms. The fourth-order valence-corrected chi connectivity index (χ4v) is 3.02. The summed E-state index contributed by atoms with van der Waals surface area (Å²) in [6, 6.07) is 7.39. The minimum atomic E-state index is 0.674. The zero-order valence-corrected chi connectivity index (χ0v) is 13.2. The molecule has 1 heterocycles. The average Bonchev–Trinajstić information content (AvgIpc) is 2.89. The van der Waals surface area contributed by atoms with E-state index in [2.05, 4.69) is 44.3 Å². The Morgan fingerprint density at radius 2 is 2.10 bits per heavy atom. The molecule has 0 radical (unpaired) electrons. The molecule has 0 aliphatic carbocycles. The highest BCUT2D eigenvalue weighted by Gasteiger charge is 2.13. The van der Waals surface area contributed by atoms with Crippen LogP contribution in [0.2, 0.25) is 0 Å². The van der Waals surface area contributed by atoms with Crippen LogP contribution in [0.3, 0.4) is 0 Å². The Morgan fingerprint density at radius 3 is 2.85 bits per heavy atom. The van der Waals surface area contributed by atoms with Gasteiger partial charge in [0.1, 0.15) is 5.75 Å². The van der Waals surface area contributed by atoms with Crippen molar-refractivity contribution >= 4 is 0 Å². The lowest BCUT2D eigenvalue weighted by atomic mass is 9.96. The van der Waals surface area contributed by atoms with Gasteiger partial charge in [0.15, 0.2) is 0 Å². The summed E-state index contributed by atoms with van der Waals surface area (Å²) in [7, 11) is 0. The van der Waals surface area contributed by atoms with Gasteiger partial charge in [-0.15, -0.1) is 0 Å². The van der Waals surface area contributed by atoms with E-state index in [1.165, 1.54) is 36.8 Å². The highest BCUT2D eigenvalue weighted by atomic mass is 16.5. The fraction of sp³-hybridized carbons (Fsp3) is 0.667. The van der Waals surface area contributed by atoms with E-state index in [4.69, 9.17) is 4.74 Å². The van der Waals surface area contributed by atoms with Gasteiger partial charge in [-0.3, -0.25) is 0 Å². The maximum atomic E-state index is 5.56. The van der Waals surface area contributed by atoms with Crippen molar-refractivity contribution in [1.29, 1.82) is 0 Å². The Labute approximate surface area is 123 Å². The summed E-state index contributed by atoms with van der Waals surface area (Å²) in [6.07, 6.45) is 6.17. The molecule has 1 atom stereocenters. The Kier molecular flexibility index (Phi) is 5.90. The average molecular weight is 275 g/mol. The fourth-order valence-electron chi connectivity index (χ4n) is 3.02. The molecule has 0 bridgehead atoms. The zero-order valence-electron chi connectivity index (χ0n) is 13.2. The Bertz CT molecular complexity index is 414. The molecule has 1 aromatic rings. The van der Waals surface area contributed by atoms with Crippen LogP contribution in [-0.2, 0) is 12.8 Å². The molecular weight excluding hydrogens is 246 g/mol. The van der Waals surface area contributed by atoms with Crippen LogP contribution in [0, 0.1) is 5.92 Å². The lowest BCUT2D eigenvalue weighted by Gasteiger charge is -2.21. The number of hydrogen-bond donors (Lipinski definition) is 1. The number of rotatable bonds is 8. The van der Waals surface area contributed by atoms with Gasteiger partial charge in [-0.25, -0.2) is 0 Å². The van der Waals surface area contributed by atoms with E-state index >= 15 is 0 Å². The van der Waals surface area contributed by atoms with E-state index in [1.807, 2.05) is 0 Å². The van der Waals surface area contributed by atoms with Gasteiger partial charge in [0.05, 0.1) is 6.61 Å². The number of aryl methyl sites for hydroxylation is 1.